The molecular formula is C21H25N5. The fraction of sp³-hybridized carbons (Fsp3) is 0.238. The average molecular weight is 347 g/mol. The minimum absolute atomic E-state index is 0.194. The Balaban J connectivity index is 1.52. The third-order valence-corrected chi connectivity index (χ3v) is 4.28. The van der Waals surface area contributed by atoms with Crippen LogP contribution in [-0.4, -0.2) is 22.6 Å². The van der Waals surface area contributed by atoms with Gasteiger partial charge in [-0.15, -0.1) is 0 Å². The number of nitrogens with one attached hydrogen (secondary N) is 2. The van der Waals surface area contributed by atoms with Gasteiger partial charge in [0.1, 0.15) is 0 Å². The predicted molar refractivity (Wildman–Crippen MR) is 106 cm³/mol. The van der Waals surface area contributed by atoms with Crippen LogP contribution in [0.2, 0.25) is 0 Å². The van der Waals surface area contributed by atoms with Gasteiger partial charge >= 0.3 is 0 Å². The van der Waals surface area contributed by atoms with Crippen LogP contribution in [0.5, 0.6) is 0 Å². The van der Waals surface area contributed by atoms with Crippen LogP contribution in [0.3, 0.4) is 0 Å². The summed E-state index contributed by atoms with van der Waals surface area (Å²) in [6, 6.07) is 19.2. The van der Waals surface area contributed by atoms with Crippen molar-refractivity contribution in [3.8, 4) is 0 Å². The Bertz CT molecular complexity index is 807. The second kappa shape index (κ2) is 8.85. The molecule has 3 rings (SSSR count). The molecule has 3 aromatic rings. The molecule has 0 fully saturated rings. The first-order valence-electron chi connectivity index (χ1n) is 8.80. The highest BCUT2D eigenvalue weighted by Gasteiger charge is 2.07. The van der Waals surface area contributed by atoms with Crippen molar-refractivity contribution in [2.45, 2.75) is 26.1 Å². The van der Waals surface area contributed by atoms with Crippen LogP contribution >= 0.6 is 0 Å². The number of rotatable bonds is 6. The first-order chi connectivity index (χ1) is 12.7. The Hall–Kier alpha value is -3.08. The van der Waals surface area contributed by atoms with Gasteiger partial charge in [-0.3, -0.25) is 4.99 Å². The summed E-state index contributed by atoms with van der Waals surface area (Å²) in [5.41, 5.74) is 3.71. The highest BCUT2D eigenvalue weighted by atomic mass is 15.2. The minimum atomic E-state index is 0.194. The molecule has 0 radical (unpaired) electrons. The Morgan fingerprint density at radius 1 is 1.08 bits per heavy atom. The van der Waals surface area contributed by atoms with Crippen molar-refractivity contribution in [3.05, 3.63) is 90.0 Å². The molecule has 0 saturated heterocycles. The summed E-state index contributed by atoms with van der Waals surface area (Å²) in [4.78, 5) is 8.39. The Labute approximate surface area is 154 Å². The lowest BCUT2D eigenvalue weighted by atomic mass is 10.1. The lowest BCUT2D eigenvalue weighted by molar-refractivity contribution is 0.685. The zero-order chi connectivity index (χ0) is 18.2. The summed E-state index contributed by atoms with van der Waals surface area (Å²) in [5, 5.41) is 6.80. The highest BCUT2D eigenvalue weighted by molar-refractivity contribution is 5.80. The summed E-state index contributed by atoms with van der Waals surface area (Å²) >= 11 is 0. The lowest BCUT2D eigenvalue weighted by Gasteiger charge is -2.18. The van der Waals surface area contributed by atoms with Crippen molar-refractivity contribution in [1.82, 2.24) is 20.2 Å². The van der Waals surface area contributed by atoms with E-state index in [9.17, 15) is 0 Å². The van der Waals surface area contributed by atoms with Crippen molar-refractivity contribution < 1.29 is 0 Å². The molecule has 5 heteroatoms. The van der Waals surface area contributed by atoms with E-state index < -0.39 is 0 Å². The first-order valence-corrected chi connectivity index (χ1v) is 8.80. The lowest BCUT2D eigenvalue weighted by Crippen LogP contribution is -2.38. The van der Waals surface area contributed by atoms with Crippen molar-refractivity contribution in [2.75, 3.05) is 7.05 Å². The maximum atomic E-state index is 4.32. The van der Waals surface area contributed by atoms with Crippen molar-refractivity contribution in [2.24, 2.45) is 4.99 Å². The number of hydrogen-bond acceptors (Lipinski definition) is 2. The monoisotopic (exact) mass is 347 g/mol. The Kier molecular flexibility index (Phi) is 6.04. The van der Waals surface area contributed by atoms with Crippen molar-refractivity contribution in [3.63, 3.8) is 0 Å². The number of aliphatic imine (C=N–C) groups is 1. The predicted octanol–water partition coefficient (Wildman–Crippen LogP) is 3.36. The number of nitrogens with zero attached hydrogens (tertiary/aromatic N) is 3. The van der Waals surface area contributed by atoms with Crippen LogP contribution in [0.1, 0.15) is 29.7 Å². The Morgan fingerprint density at radius 2 is 1.81 bits per heavy atom. The van der Waals surface area contributed by atoms with Crippen molar-refractivity contribution in [1.29, 1.82) is 0 Å². The van der Waals surface area contributed by atoms with Gasteiger partial charge in [-0.2, -0.15) is 0 Å². The van der Waals surface area contributed by atoms with Gasteiger partial charge in [-0.05, 0) is 23.6 Å². The van der Waals surface area contributed by atoms with E-state index in [2.05, 4.69) is 80.6 Å². The van der Waals surface area contributed by atoms with Gasteiger partial charge in [0.05, 0.1) is 12.4 Å². The number of aromatic nitrogens is 2. The van der Waals surface area contributed by atoms with Crippen LogP contribution in [0.15, 0.2) is 78.3 Å². The smallest absolute Gasteiger partial charge is 0.191 e. The molecule has 1 heterocycles. The second-order valence-electron chi connectivity index (χ2n) is 6.25. The summed E-state index contributed by atoms with van der Waals surface area (Å²) in [7, 11) is 1.79. The normalized spacial score (nSPS) is 12.6. The van der Waals surface area contributed by atoms with Crippen LogP contribution in [-0.2, 0) is 13.1 Å². The molecule has 134 valence electrons. The maximum Gasteiger partial charge on any atom is 0.191 e. The maximum absolute atomic E-state index is 4.32. The number of benzene rings is 2. The molecule has 0 aliphatic heterocycles. The van der Waals surface area contributed by atoms with Gasteiger partial charge in [0.15, 0.2) is 5.96 Å². The number of hydrogen-bond donors (Lipinski definition) is 2. The molecule has 0 aliphatic carbocycles. The topological polar surface area (TPSA) is 54.2 Å². The summed E-state index contributed by atoms with van der Waals surface area (Å²) in [6.07, 6.45) is 5.60. The van der Waals surface area contributed by atoms with E-state index in [1.54, 1.807) is 13.2 Å². The van der Waals surface area contributed by atoms with E-state index >= 15 is 0 Å². The molecule has 0 amide bonds. The minimum Gasteiger partial charge on any atom is -0.352 e. The van der Waals surface area contributed by atoms with Crippen LogP contribution < -0.4 is 10.6 Å². The molecular weight excluding hydrogens is 322 g/mol. The van der Waals surface area contributed by atoms with Gasteiger partial charge in [0, 0.05) is 32.5 Å². The van der Waals surface area contributed by atoms with Gasteiger partial charge in [-0.25, -0.2) is 4.98 Å². The molecule has 2 N–H and O–H groups in total. The zero-order valence-electron chi connectivity index (χ0n) is 15.3. The molecule has 0 saturated carbocycles. The summed E-state index contributed by atoms with van der Waals surface area (Å²) < 4.78 is 2.06. The van der Waals surface area contributed by atoms with Crippen LogP contribution in [0, 0.1) is 0 Å². The SMILES string of the molecule is CN=C(NCc1ccc(Cn2ccnc2)cc1)NC(C)c1ccccc1. The number of guanidine groups is 1. The van der Waals surface area contributed by atoms with Gasteiger partial charge in [0.25, 0.3) is 0 Å². The zero-order valence-corrected chi connectivity index (χ0v) is 15.3. The molecule has 0 aliphatic rings. The standard InChI is InChI=1S/C21H25N5/c1-17(20-6-4-3-5-7-20)25-21(22-2)24-14-18-8-10-19(11-9-18)15-26-13-12-23-16-26/h3-13,16-17H,14-15H2,1-2H3,(H2,22,24,25). The fourth-order valence-electron chi connectivity index (χ4n) is 2.76. The molecule has 1 aromatic heterocycles. The number of imidazole rings is 1. The Morgan fingerprint density at radius 3 is 2.46 bits per heavy atom. The van der Waals surface area contributed by atoms with E-state index in [1.165, 1.54) is 16.7 Å². The molecule has 2 aromatic carbocycles. The highest BCUT2D eigenvalue weighted by Crippen LogP contribution is 2.11. The van der Waals surface area contributed by atoms with E-state index in [1.807, 2.05) is 18.6 Å². The van der Waals surface area contributed by atoms with E-state index in [-0.39, 0.29) is 6.04 Å². The molecule has 26 heavy (non-hydrogen) atoms. The average Bonchev–Trinajstić information content (AvgIpc) is 3.20. The van der Waals surface area contributed by atoms with E-state index in [4.69, 9.17) is 0 Å². The molecule has 1 atom stereocenters. The third kappa shape index (κ3) is 4.96. The van der Waals surface area contributed by atoms with E-state index in [0.29, 0.717) is 0 Å². The third-order valence-electron chi connectivity index (χ3n) is 4.28. The second-order valence-corrected chi connectivity index (χ2v) is 6.25. The van der Waals surface area contributed by atoms with E-state index in [0.717, 1.165) is 19.0 Å². The van der Waals surface area contributed by atoms with Gasteiger partial charge in [0.2, 0.25) is 0 Å². The quantitative estimate of drug-likeness (QED) is 0.531. The summed E-state index contributed by atoms with van der Waals surface area (Å²) in [5.74, 6) is 0.795. The molecule has 0 bridgehead atoms. The van der Waals surface area contributed by atoms with Gasteiger partial charge in [-0.1, -0.05) is 54.6 Å². The van der Waals surface area contributed by atoms with Crippen LogP contribution in [0.25, 0.3) is 0 Å². The molecule has 0 spiro atoms. The first kappa shape index (κ1) is 17.7. The fourth-order valence-corrected chi connectivity index (χ4v) is 2.76. The molecule has 1 unspecified atom stereocenters. The summed E-state index contributed by atoms with van der Waals surface area (Å²) in [6.45, 7) is 3.70. The van der Waals surface area contributed by atoms with Gasteiger partial charge < -0.3 is 15.2 Å². The molecule has 5 nitrogen and oxygen atoms in total. The largest absolute Gasteiger partial charge is 0.352 e. The van der Waals surface area contributed by atoms with Crippen LogP contribution in [0.4, 0.5) is 0 Å². The van der Waals surface area contributed by atoms with Crippen molar-refractivity contribution >= 4 is 5.96 Å².